The Labute approximate surface area is 157 Å². The van der Waals surface area contributed by atoms with Gasteiger partial charge in [-0.05, 0) is 44.4 Å². The van der Waals surface area contributed by atoms with Gasteiger partial charge in [0.1, 0.15) is 0 Å². The molecule has 0 spiro atoms. The minimum Gasteiger partial charge on any atom is -0.346 e. The molecule has 138 valence electrons. The molecular formula is C18H24N6OS. The summed E-state index contributed by atoms with van der Waals surface area (Å²) >= 11 is 1.75. The Kier molecular flexibility index (Phi) is 5.61. The lowest BCUT2D eigenvalue weighted by Crippen LogP contribution is -2.31. The van der Waals surface area contributed by atoms with E-state index in [0.29, 0.717) is 6.42 Å². The van der Waals surface area contributed by atoms with Gasteiger partial charge < -0.3 is 5.32 Å². The van der Waals surface area contributed by atoms with Crippen LogP contribution >= 0.6 is 11.8 Å². The fourth-order valence-corrected chi connectivity index (χ4v) is 3.55. The Morgan fingerprint density at radius 1 is 1.31 bits per heavy atom. The SMILES string of the molecule is CSCCC(NC(=O)Cc1c(C)nn(C)c1C)c1nnc2ccccn12. The maximum Gasteiger partial charge on any atom is 0.225 e. The molecule has 0 saturated carbocycles. The van der Waals surface area contributed by atoms with Crippen LogP contribution < -0.4 is 5.32 Å². The minimum atomic E-state index is -0.176. The first-order chi connectivity index (χ1) is 12.5. The first-order valence-corrected chi connectivity index (χ1v) is 9.97. The number of hydrogen-bond acceptors (Lipinski definition) is 5. The summed E-state index contributed by atoms with van der Waals surface area (Å²) in [6.45, 7) is 3.92. The van der Waals surface area contributed by atoms with Crippen LogP contribution in [0, 0.1) is 13.8 Å². The second-order valence-electron chi connectivity index (χ2n) is 6.34. The largest absolute Gasteiger partial charge is 0.346 e. The summed E-state index contributed by atoms with van der Waals surface area (Å²) in [6.07, 6.45) is 5.10. The van der Waals surface area contributed by atoms with Gasteiger partial charge in [0.05, 0.1) is 18.2 Å². The molecule has 1 atom stereocenters. The number of hydrogen-bond donors (Lipinski definition) is 1. The van der Waals surface area contributed by atoms with E-state index in [1.165, 1.54) is 0 Å². The van der Waals surface area contributed by atoms with E-state index in [1.54, 1.807) is 11.8 Å². The predicted octanol–water partition coefficient (Wildman–Crippen LogP) is 2.23. The molecule has 3 aromatic rings. The lowest BCUT2D eigenvalue weighted by atomic mass is 10.1. The highest BCUT2D eigenvalue weighted by Gasteiger charge is 2.21. The number of aryl methyl sites for hydroxylation is 2. The zero-order chi connectivity index (χ0) is 18.7. The third kappa shape index (κ3) is 3.75. The van der Waals surface area contributed by atoms with Crippen molar-refractivity contribution in [3.8, 4) is 0 Å². The van der Waals surface area contributed by atoms with Crippen molar-refractivity contribution in [3.63, 3.8) is 0 Å². The summed E-state index contributed by atoms with van der Waals surface area (Å²) in [5.41, 5.74) is 3.68. The van der Waals surface area contributed by atoms with Crippen LogP contribution in [-0.2, 0) is 18.3 Å². The number of amides is 1. The summed E-state index contributed by atoms with van der Waals surface area (Å²) in [5, 5.41) is 16.1. The maximum absolute atomic E-state index is 12.7. The lowest BCUT2D eigenvalue weighted by molar-refractivity contribution is -0.121. The van der Waals surface area contributed by atoms with E-state index in [2.05, 4.69) is 26.9 Å². The average Bonchev–Trinajstić information content (AvgIpc) is 3.15. The first kappa shape index (κ1) is 18.4. The second kappa shape index (κ2) is 7.90. The summed E-state index contributed by atoms with van der Waals surface area (Å²) in [6, 6.07) is 5.60. The maximum atomic E-state index is 12.7. The van der Waals surface area contributed by atoms with E-state index < -0.39 is 0 Å². The molecule has 1 unspecified atom stereocenters. The Morgan fingerprint density at radius 3 is 2.81 bits per heavy atom. The number of thioether (sulfide) groups is 1. The zero-order valence-electron chi connectivity index (χ0n) is 15.6. The summed E-state index contributed by atoms with van der Waals surface area (Å²) in [5.74, 6) is 1.67. The molecule has 1 amide bonds. The van der Waals surface area contributed by atoms with Gasteiger partial charge in [-0.25, -0.2) is 0 Å². The van der Waals surface area contributed by atoms with Gasteiger partial charge in [-0.2, -0.15) is 16.9 Å². The molecule has 0 radical (unpaired) electrons. The monoisotopic (exact) mass is 372 g/mol. The number of aromatic nitrogens is 5. The smallest absolute Gasteiger partial charge is 0.225 e. The molecule has 0 aliphatic carbocycles. The first-order valence-electron chi connectivity index (χ1n) is 8.58. The number of fused-ring (bicyclic) bond motifs is 1. The Balaban J connectivity index is 1.81. The highest BCUT2D eigenvalue weighted by molar-refractivity contribution is 7.98. The van der Waals surface area contributed by atoms with Crippen molar-refractivity contribution in [2.75, 3.05) is 12.0 Å². The molecule has 3 rings (SSSR count). The number of pyridine rings is 1. The van der Waals surface area contributed by atoms with Crippen LogP contribution in [0.2, 0.25) is 0 Å². The molecule has 7 nitrogen and oxygen atoms in total. The van der Waals surface area contributed by atoms with Crippen LogP contribution in [0.15, 0.2) is 24.4 Å². The van der Waals surface area contributed by atoms with Gasteiger partial charge >= 0.3 is 0 Å². The van der Waals surface area contributed by atoms with Crippen molar-refractivity contribution in [2.24, 2.45) is 7.05 Å². The minimum absolute atomic E-state index is 0.0250. The third-order valence-corrected chi connectivity index (χ3v) is 5.24. The summed E-state index contributed by atoms with van der Waals surface area (Å²) in [4.78, 5) is 12.7. The molecule has 0 bridgehead atoms. The normalized spacial score (nSPS) is 12.5. The molecule has 0 saturated heterocycles. The van der Waals surface area contributed by atoms with Gasteiger partial charge in [-0.15, -0.1) is 10.2 Å². The van der Waals surface area contributed by atoms with Crippen molar-refractivity contribution in [1.29, 1.82) is 0 Å². The molecule has 26 heavy (non-hydrogen) atoms. The van der Waals surface area contributed by atoms with Gasteiger partial charge in [-0.3, -0.25) is 13.9 Å². The fraction of sp³-hybridized carbons (Fsp3) is 0.444. The number of rotatable bonds is 7. The Bertz CT molecular complexity index is 916. The van der Waals surface area contributed by atoms with Crippen LogP contribution in [0.25, 0.3) is 5.65 Å². The van der Waals surface area contributed by atoms with E-state index in [9.17, 15) is 4.79 Å². The fourth-order valence-electron chi connectivity index (χ4n) is 3.08. The van der Waals surface area contributed by atoms with Crippen molar-refractivity contribution in [3.05, 3.63) is 47.2 Å². The zero-order valence-corrected chi connectivity index (χ0v) is 16.4. The molecule has 0 aliphatic heterocycles. The topological polar surface area (TPSA) is 77.1 Å². The van der Waals surface area contributed by atoms with Crippen molar-refractivity contribution in [2.45, 2.75) is 32.7 Å². The number of nitrogens with zero attached hydrogens (tertiary/aromatic N) is 5. The van der Waals surface area contributed by atoms with Gasteiger partial charge in [0.25, 0.3) is 0 Å². The summed E-state index contributed by atoms with van der Waals surface area (Å²) in [7, 11) is 1.90. The van der Waals surface area contributed by atoms with Crippen molar-refractivity contribution >= 4 is 23.3 Å². The van der Waals surface area contributed by atoms with Gasteiger partial charge in [0.2, 0.25) is 5.91 Å². The molecule has 1 N–H and O–H groups in total. The van der Waals surface area contributed by atoms with Gasteiger partial charge in [-0.1, -0.05) is 6.07 Å². The molecule has 0 aliphatic rings. The van der Waals surface area contributed by atoms with Crippen LogP contribution in [0.3, 0.4) is 0 Å². The van der Waals surface area contributed by atoms with Crippen molar-refractivity contribution in [1.82, 2.24) is 29.7 Å². The second-order valence-corrected chi connectivity index (χ2v) is 7.32. The predicted molar refractivity (Wildman–Crippen MR) is 103 cm³/mol. The Morgan fingerprint density at radius 2 is 2.12 bits per heavy atom. The molecule has 0 fully saturated rings. The standard InChI is InChI=1S/C18H24N6OS/c1-12-14(13(2)23(3)22-12)11-17(25)19-15(8-10-26-4)18-21-20-16-7-5-6-9-24(16)18/h5-7,9,15H,8,10-11H2,1-4H3,(H,19,25). The van der Waals surface area contributed by atoms with Crippen LogP contribution in [0.4, 0.5) is 0 Å². The van der Waals surface area contributed by atoms with Gasteiger partial charge in [0.15, 0.2) is 11.5 Å². The van der Waals surface area contributed by atoms with E-state index in [4.69, 9.17) is 0 Å². The molecule has 8 heteroatoms. The van der Waals surface area contributed by atoms with Gasteiger partial charge in [0, 0.05) is 24.5 Å². The van der Waals surface area contributed by atoms with Crippen LogP contribution in [-0.4, -0.2) is 42.3 Å². The van der Waals surface area contributed by atoms with Crippen LogP contribution in [0.5, 0.6) is 0 Å². The highest BCUT2D eigenvalue weighted by atomic mass is 32.2. The van der Waals surface area contributed by atoms with E-state index >= 15 is 0 Å². The number of carbonyl (C=O) groups excluding carboxylic acids is 1. The van der Waals surface area contributed by atoms with E-state index in [-0.39, 0.29) is 11.9 Å². The molecule has 0 aromatic carbocycles. The quantitative estimate of drug-likeness (QED) is 0.688. The van der Waals surface area contributed by atoms with E-state index in [0.717, 1.165) is 40.6 Å². The highest BCUT2D eigenvalue weighted by Crippen LogP contribution is 2.19. The Hall–Kier alpha value is -2.35. The number of carbonyl (C=O) groups is 1. The average molecular weight is 372 g/mol. The number of nitrogens with one attached hydrogen (secondary N) is 1. The summed E-state index contributed by atoms with van der Waals surface area (Å²) < 4.78 is 3.75. The van der Waals surface area contributed by atoms with E-state index in [1.807, 2.05) is 54.4 Å². The molecule has 3 aromatic heterocycles. The van der Waals surface area contributed by atoms with Crippen LogP contribution in [0.1, 0.15) is 35.2 Å². The van der Waals surface area contributed by atoms with Crippen molar-refractivity contribution < 1.29 is 4.79 Å². The molecular weight excluding hydrogens is 348 g/mol. The lowest BCUT2D eigenvalue weighted by Gasteiger charge is -2.17. The third-order valence-electron chi connectivity index (χ3n) is 4.59. The molecule has 3 heterocycles.